The summed E-state index contributed by atoms with van der Waals surface area (Å²) < 4.78 is 24.6. The van der Waals surface area contributed by atoms with Crippen LogP contribution in [0.15, 0.2) is 22.2 Å². The van der Waals surface area contributed by atoms with E-state index >= 15 is 0 Å². The zero-order chi connectivity index (χ0) is 17.7. The number of nitrogens with zero attached hydrogens (tertiary/aromatic N) is 1. The number of anilines is 1. The van der Waals surface area contributed by atoms with Gasteiger partial charge in [0.1, 0.15) is 11.4 Å². The Morgan fingerprint density at radius 3 is 2.62 bits per heavy atom. The van der Waals surface area contributed by atoms with E-state index in [4.69, 9.17) is 9.47 Å². The van der Waals surface area contributed by atoms with E-state index in [1.165, 1.54) is 19.1 Å². The van der Waals surface area contributed by atoms with Crippen molar-refractivity contribution >= 4 is 39.4 Å². The predicted octanol–water partition coefficient (Wildman–Crippen LogP) is 2.96. The molecule has 1 aromatic carbocycles. The first-order chi connectivity index (χ1) is 11.4. The number of ether oxygens (including phenoxy) is 2. The molecule has 0 aromatic heterocycles. The zero-order valence-electron chi connectivity index (χ0n) is 13.6. The molecule has 1 aliphatic heterocycles. The maximum atomic E-state index is 14.0. The summed E-state index contributed by atoms with van der Waals surface area (Å²) in [5, 5.41) is 0. The number of esters is 1. The number of morpholine rings is 1. The van der Waals surface area contributed by atoms with Gasteiger partial charge in [0.05, 0.1) is 24.3 Å². The van der Waals surface area contributed by atoms with E-state index in [1.54, 1.807) is 13.0 Å². The average molecular weight is 400 g/mol. The fourth-order valence-electron chi connectivity index (χ4n) is 2.41. The summed E-state index contributed by atoms with van der Waals surface area (Å²) >= 11 is 3.18. The van der Waals surface area contributed by atoms with Crippen LogP contribution in [-0.2, 0) is 19.1 Å². The van der Waals surface area contributed by atoms with Crippen molar-refractivity contribution < 1.29 is 23.5 Å². The maximum Gasteiger partial charge on any atom is 0.341 e. The summed E-state index contributed by atoms with van der Waals surface area (Å²) in [6.45, 7) is 5.53. The number of carbonyl (C=O) groups is 2. The molecule has 0 spiro atoms. The van der Waals surface area contributed by atoms with E-state index in [2.05, 4.69) is 15.9 Å². The molecule has 24 heavy (non-hydrogen) atoms. The van der Waals surface area contributed by atoms with Crippen molar-refractivity contribution in [3.8, 4) is 0 Å². The topological polar surface area (TPSA) is 55.8 Å². The minimum Gasteiger partial charge on any atom is -0.462 e. The highest BCUT2D eigenvalue weighted by molar-refractivity contribution is 9.10. The van der Waals surface area contributed by atoms with Gasteiger partial charge in [-0.25, -0.2) is 9.18 Å². The van der Waals surface area contributed by atoms with Crippen molar-refractivity contribution in [2.45, 2.75) is 13.8 Å². The maximum absolute atomic E-state index is 14.0. The van der Waals surface area contributed by atoms with Crippen molar-refractivity contribution in [2.24, 2.45) is 0 Å². The molecule has 2 rings (SSSR count). The second kappa shape index (κ2) is 8.39. The second-order valence-electron chi connectivity index (χ2n) is 5.26. The number of ketones is 1. The van der Waals surface area contributed by atoms with Crippen molar-refractivity contribution in [1.29, 1.82) is 0 Å². The highest BCUT2D eigenvalue weighted by atomic mass is 79.9. The summed E-state index contributed by atoms with van der Waals surface area (Å²) in [6, 6.07) is 2.95. The van der Waals surface area contributed by atoms with Crippen LogP contribution in [-0.4, -0.2) is 44.7 Å². The molecular weight excluding hydrogens is 381 g/mol. The zero-order valence-corrected chi connectivity index (χ0v) is 15.2. The van der Waals surface area contributed by atoms with Gasteiger partial charge in [-0.2, -0.15) is 0 Å². The Labute approximate surface area is 148 Å². The second-order valence-corrected chi connectivity index (χ2v) is 6.11. The molecule has 0 aliphatic carbocycles. The molecule has 0 unspecified atom stereocenters. The van der Waals surface area contributed by atoms with E-state index in [-0.39, 0.29) is 12.2 Å². The Balaban J connectivity index is 2.50. The SMILES string of the molecule is CCOC(=O)/C(=C\c1cc(F)c(Br)cc1N1CCOCC1)C(C)=O. The smallest absolute Gasteiger partial charge is 0.341 e. The molecule has 1 fully saturated rings. The molecule has 0 N–H and O–H groups in total. The Bertz CT molecular complexity index is 669. The van der Waals surface area contributed by atoms with Gasteiger partial charge < -0.3 is 14.4 Å². The fraction of sp³-hybridized carbons (Fsp3) is 0.412. The molecule has 1 aromatic rings. The summed E-state index contributed by atoms with van der Waals surface area (Å²) in [5.74, 6) is -1.60. The van der Waals surface area contributed by atoms with Crippen LogP contribution in [0.5, 0.6) is 0 Å². The molecule has 1 aliphatic rings. The lowest BCUT2D eigenvalue weighted by Crippen LogP contribution is -2.36. The minimum atomic E-state index is -0.707. The monoisotopic (exact) mass is 399 g/mol. The average Bonchev–Trinajstić information content (AvgIpc) is 2.56. The van der Waals surface area contributed by atoms with Gasteiger partial charge in [-0.15, -0.1) is 0 Å². The number of hydrogen-bond acceptors (Lipinski definition) is 5. The van der Waals surface area contributed by atoms with Crippen molar-refractivity contribution in [3.63, 3.8) is 0 Å². The van der Waals surface area contributed by atoms with Crippen molar-refractivity contribution in [2.75, 3.05) is 37.8 Å². The van der Waals surface area contributed by atoms with Gasteiger partial charge in [0.25, 0.3) is 0 Å². The van der Waals surface area contributed by atoms with Gasteiger partial charge in [-0.1, -0.05) is 0 Å². The standard InChI is InChI=1S/C17H19BrFNO4/c1-3-24-17(22)13(11(2)21)8-12-9-15(19)14(18)10-16(12)20-4-6-23-7-5-20/h8-10H,3-7H2,1-2H3/b13-8-. The number of benzene rings is 1. The lowest BCUT2D eigenvalue weighted by Gasteiger charge is -2.30. The molecule has 7 heteroatoms. The van der Waals surface area contributed by atoms with Crippen molar-refractivity contribution in [1.82, 2.24) is 0 Å². The van der Waals surface area contributed by atoms with Gasteiger partial charge in [0.15, 0.2) is 5.78 Å². The molecule has 1 saturated heterocycles. The number of rotatable bonds is 5. The largest absolute Gasteiger partial charge is 0.462 e. The highest BCUT2D eigenvalue weighted by Gasteiger charge is 2.20. The van der Waals surface area contributed by atoms with Gasteiger partial charge >= 0.3 is 5.97 Å². The summed E-state index contributed by atoms with van der Waals surface area (Å²) in [4.78, 5) is 25.8. The van der Waals surface area contributed by atoms with E-state index in [0.29, 0.717) is 36.3 Å². The molecular formula is C17H19BrFNO4. The van der Waals surface area contributed by atoms with E-state index in [0.717, 1.165) is 5.69 Å². The number of halogens is 2. The van der Waals surface area contributed by atoms with Gasteiger partial charge in [-0.3, -0.25) is 4.79 Å². The van der Waals surface area contributed by atoms with E-state index in [9.17, 15) is 14.0 Å². The number of carbonyl (C=O) groups excluding carboxylic acids is 2. The van der Waals surface area contributed by atoms with E-state index < -0.39 is 17.6 Å². The third-order valence-electron chi connectivity index (χ3n) is 3.60. The molecule has 0 amide bonds. The molecule has 1 heterocycles. The quantitative estimate of drug-likeness (QED) is 0.329. The minimum absolute atomic E-state index is 0.104. The summed E-state index contributed by atoms with van der Waals surface area (Å²) in [5.41, 5.74) is 1.08. The Hall–Kier alpha value is -1.73. The fourth-order valence-corrected chi connectivity index (χ4v) is 2.75. The molecule has 0 atom stereocenters. The first-order valence-corrected chi connectivity index (χ1v) is 8.44. The molecule has 0 saturated carbocycles. The molecule has 0 bridgehead atoms. The van der Waals surface area contributed by atoms with Crippen molar-refractivity contribution in [3.05, 3.63) is 33.6 Å². The Kier molecular flexibility index (Phi) is 6.51. The van der Waals surface area contributed by atoms with Crippen LogP contribution >= 0.6 is 15.9 Å². The first kappa shape index (κ1) is 18.6. The third-order valence-corrected chi connectivity index (χ3v) is 4.20. The number of Topliss-reactive ketones (excluding diaryl/α,β-unsaturated/α-hetero) is 1. The predicted molar refractivity (Wildman–Crippen MR) is 92.4 cm³/mol. The lowest BCUT2D eigenvalue weighted by molar-refractivity contribution is -0.139. The molecule has 130 valence electrons. The highest BCUT2D eigenvalue weighted by Crippen LogP contribution is 2.30. The van der Waals surface area contributed by atoms with Gasteiger partial charge in [0, 0.05) is 24.3 Å². The third kappa shape index (κ3) is 4.42. The van der Waals surface area contributed by atoms with Gasteiger partial charge in [-0.05, 0) is 48.0 Å². The van der Waals surface area contributed by atoms with Crippen LogP contribution < -0.4 is 4.90 Å². The van der Waals surface area contributed by atoms with Gasteiger partial charge in [0.2, 0.25) is 0 Å². The first-order valence-electron chi connectivity index (χ1n) is 7.65. The summed E-state index contributed by atoms with van der Waals surface area (Å²) in [7, 11) is 0. The normalized spacial score (nSPS) is 15.3. The summed E-state index contributed by atoms with van der Waals surface area (Å²) in [6.07, 6.45) is 1.39. The van der Waals surface area contributed by atoms with Crippen LogP contribution in [0.4, 0.5) is 10.1 Å². The molecule has 5 nitrogen and oxygen atoms in total. The Morgan fingerprint density at radius 2 is 2.04 bits per heavy atom. The van der Waals surface area contributed by atoms with Crippen LogP contribution in [0.2, 0.25) is 0 Å². The van der Waals surface area contributed by atoms with Crippen LogP contribution in [0.25, 0.3) is 6.08 Å². The lowest BCUT2D eigenvalue weighted by atomic mass is 10.0. The van der Waals surface area contributed by atoms with Crippen LogP contribution in [0, 0.1) is 5.82 Å². The Morgan fingerprint density at radius 1 is 1.38 bits per heavy atom. The number of hydrogen-bond donors (Lipinski definition) is 0. The van der Waals surface area contributed by atoms with Crippen LogP contribution in [0.1, 0.15) is 19.4 Å². The van der Waals surface area contributed by atoms with Crippen LogP contribution in [0.3, 0.4) is 0 Å². The van der Waals surface area contributed by atoms with E-state index in [1.807, 2.05) is 4.90 Å². The molecule has 0 radical (unpaired) electrons.